The number of aromatic nitrogens is 6. The van der Waals surface area contributed by atoms with Crippen LogP contribution in [-0.2, 0) is 13.0 Å². The Kier molecular flexibility index (Phi) is 6.36. The topological polar surface area (TPSA) is 98.5 Å². The molecule has 0 spiro atoms. The Hall–Kier alpha value is -5.03. The Morgan fingerprint density at radius 3 is 2.36 bits per heavy atom. The van der Waals surface area contributed by atoms with Gasteiger partial charge in [-0.2, -0.15) is 5.21 Å². The number of hydrogen-bond acceptors (Lipinski definition) is 5. The number of nitrogens with one attached hydrogen (secondary N) is 1. The van der Waals surface area contributed by atoms with Gasteiger partial charge in [-0.05, 0) is 41.0 Å². The predicted octanol–water partition coefficient (Wildman–Crippen LogP) is 3.80. The lowest BCUT2D eigenvalue weighted by Crippen LogP contribution is -2.30. The molecule has 0 radical (unpaired) electrons. The van der Waals surface area contributed by atoms with Crippen molar-refractivity contribution in [3.05, 3.63) is 112 Å². The highest BCUT2D eigenvalue weighted by molar-refractivity contribution is 5.95. The molecule has 0 atom stereocenters. The van der Waals surface area contributed by atoms with Crippen LogP contribution in [0, 0.1) is 11.8 Å². The highest BCUT2D eigenvalue weighted by Crippen LogP contribution is 2.29. The molecule has 0 fully saturated rings. The Labute approximate surface area is 207 Å². The molecule has 8 heteroatoms. The number of carbonyl (C=O) groups excluding carboxylic acids is 1. The van der Waals surface area contributed by atoms with Crippen LogP contribution in [0.3, 0.4) is 0 Å². The van der Waals surface area contributed by atoms with E-state index in [2.05, 4.69) is 32.5 Å². The van der Waals surface area contributed by atoms with Crippen molar-refractivity contribution in [3.63, 3.8) is 0 Å². The first-order valence-corrected chi connectivity index (χ1v) is 11.4. The zero-order valence-electron chi connectivity index (χ0n) is 19.5. The summed E-state index contributed by atoms with van der Waals surface area (Å²) >= 11 is 0. The molecule has 0 saturated carbocycles. The van der Waals surface area contributed by atoms with Crippen molar-refractivity contribution in [1.82, 2.24) is 29.8 Å². The summed E-state index contributed by atoms with van der Waals surface area (Å²) in [5.41, 5.74) is 4.50. The maximum absolute atomic E-state index is 13.3. The molecule has 0 aliphatic carbocycles. The van der Waals surface area contributed by atoms with E-state index in [1.807, 2.05) is 54.6 Å². The fraction of sp³-hybridized carbons (Fsp3) is 0.107. The lowest BCUT2D eigenvalue weighted by Gasteiger charge is -2.09. The van der Waals surface area contributed by atoms with Crippen LogP contribution < -0.4 is 5.69 Å². The smallest absolute Gasteiger partial charge is 0.291 e. The van der Waals surface area contributed by atoms with Gasteiger partial charge in [0.15, 0.2) is 0 Å². The van der Waals surface area contributed by atoms with Crippen molar-refractivity contribution in [2.45, 2.75) is 19.9 Å². The van der Waals surface area contributed by atoms with Crippen molar-refractivity contribution in [2.24, 2.45) is 0 Å². The van der Waals surface area contributed by atoms with Crippen LogP contribution >= 0.6 is 0 Å². The molecule has 8 nitrogen and oxygen atoms in total. The zero-order chi connectivity index (χ0) is 24.9. The number of H-pyrrole nitrogens is 1. The second-order valence-corrected chi connectivity index (χ2v) is 8.11. The lowest BCUT2D eigenvalue weighted by molar-refractivity contribution is 0.0955. The standard InChI is InChI=1S/C28H22N6O2/c1-2-3-11-23-19-34(27(35)22-9-5-4-6-10-22)28(36)33(23)18-20-14-16-21(17-15-20)24-12-7-8-13-25(24)26-29-31-32-30-26/h4-10,12-17,19H,11,18H2,1H3,(H,29,30,31,32). The van der Waals surface area contributed by atoms with E-state index in [0.717, 1.165) is 26.8 Å². The molecule has 3 aromatic carbocycles. The second-order valence-electron chi connectivity index (χ2n) is 8.11. The minimum Gasteiger partial charge on any atom is -0.291 e. The van der Waals surface area contributed by atoms with Crippen LogP contribution in [0.1, 0.15) is 28.5 Å². The van der Waals surface area contributed by atoms with E-state index in [4.69, 9.17) is 0 Å². The third-order valence-electron chi connectivity index (χ3n) is 5.87. The molecule has 2 heterocycles. The van der Waals surface area contributed by atoms with Gasteiger partial charge in [-0.1, -0.05) is 72.7 Å². The van der Waals surface area contributed by atoms with Gasteiger partial charge in [-0.3, -0.25) is 9.36 Å². The first-order valence-electron chi connectivity index (χ1n) is 11.4. The van der Waals surface area contributed by atoms with Crippen molar-refractivity contribution >= 4 is 5.91 Å². The van der Waals surface area contributed by atoms with Gasteiger partial charge in [0.1, 0.15) is 0 Å². The van der Waals surface area contributed by atoms with Crippen molar-refractivity contribution < 1.29 is 4.79 Å². The van der Waals surface area contributed by atoms with Gasteiger partial charge in [0.2, 0.25) is 5.82 Å². The molecule has 5 rings (SSSR count). The van der Waals surface area contributed by atoms with Gasteiger partial charge in [-0.25, -0.2) is 9.36 Å². The maximum Gasteiger partial charge on any atom is 0.335 e. The Morgan fingerprint density at radius 2 is 1.67 bits per heavy atom. The molecular formula is C28H22N6O2. The highest BCUT2D eigenvalue weighted by atomic mass is 16.2. The maximum atomic E-state index is 13.3. The van der Waals surface area contributed by atoms with E-state index >= 15 is 0 Å². The monoisotopic (exact) mass is 474 g/mol. The van der Waals surface area contributed by atoms with Crippen LogP contribution in [0.25, 0.3) is 22.5 Å². The highest BCUT2D eigenvalue weighted by Gasteiger charge is 2.18. The summed E-state index contributed by atoms with van der Waals surface area (Å²) in [6, 6.07) is 24.5. The van der Waals surface area contributed by atoms with Crippen LogP contribution in [0.2, 0.25) is 0 Å². The average Bonchev–Trinajstić information content (AvgIpc) is 3.57. The summed E-state index contributed by atoms with van der Waals surface area (Å²) in [4.78, 5) is 26.3. The number of tetrazole rings is 1. The molecule has 0 amide bonds. The predicted molar refractivity (Wildman–Crippen MR) is 136 cm³/mol. The van der Waals surface area contributed by atoms with Gasteiger partial charge in [0.05, 0.1) is 18.7 Å². The van der Waals surface area contributed by atoms with Gasteiger partial charge in [0.25, 0.3) is 5.91 Å². The third kappa shape index (κ3) is 4.50. The molecule has 0 aliphatic heterocycles. The fourth-order valence-corrected chi connectivity index (χ4v) is 4.06. The van der Waals surface area contributed by atoms with E-state index in [9.17, 15) is 9.59 Å². The van der Waals surface area contributed by atoms with Crippen LogP contribution in [0.15, 0.2) is 89.9 Å². The largest absolute Gasteiger partial charge is 0.335 e. The van der Waals surface area contributed by atoms with E-state index in [-0.39, 0.29) is 11.6 Å². The Balaban J connectivity index is 1.47. The molecule has 0 bridgehead atoms. The minimum absolute atomic E-state index is 0.321. The number of hydrogen-bond donors (Lipinski definition) is 1. The molecule has 176 valence electrons. The summed E-state index contributed by atoms with van der Waals surface area (Å²) in [6.07, 6.45) is 1.97. The van der Waals surface area contributed by atoms with Gasteiger partial charge in [0, 0.05) is 17.3 Å². The minimum atomic E-state index is -0.386. The average molecular weight is 475 g/mol. The van der Waals surface area contributed by atoms with Gasteiger partial charge in [-0.15, -0.1) is 16.1 Å². The van der Waals surface area contributed by atoms with Gasteiger partial charge < -0.3 is 0 Å². The third-order valence-corrected chi connectivity index (χ3v) is 5.87. The van der Waals surface area contributed by atoms with E-state index < -0.39 is 0 Å². The number of imidazole rings is 1. The van der Waals surface area contributed by atoms with Crippen molar-refractivity contribution in [2.75, 3.05) is 0 Å². The fourth-order valence-electron chi connectivity index (χ4n) is 4.06. The van der Waals surface area contributed by atoms with E-state index in [0.29, 0.717) is 30.0 Å². The number of rotatable bonds is 6. The van der Waals surface area contributed by atoms with Crippen molar-refractivity contribution in [3.8, 4) is 34.4 Å². The summed E-state index contributed by atoms with van der Waals surface area (Å²) in [5.74, 6) is 6.03. The molecule has 5 aromatic rings. The first kappa shape index (κ1) is 22.7. The molecule has 2 aromatic heterocycles. The van der Waals surface area contributed by atoms with Gasteiger partial charge >= 0.3 is 5.69 Å². The van der Waals surface area contributed by atoms with Crippen LogP contribution in [0.5, 0.6) is 0 Å². The van der Waals surface area contributed by atoms with Crippen LogP contribution in [-0.4, -0.2) is 35.7 Å². The first-order chi connectivity index (χ1) is 17.7. The number of carbonyl (C=O) groups is 1. The summed E-state index contributed by atoms with van der Waals surface area (Å²) in [6.45, 7) is 2.07. The normalized spacial score (nSPS) is 10.6. The Bertz CT molecular complexity index is 1620. The van der Waals surface area contributed by atoms with Crippen molar-refractivity contribution in [1.29, 1.82) is 0 Å². The molecular weight excluding hydrogens is 452 g/mol. The summed E-state index contributed by atoms with van der Waals surface area (Å²) in [7, 11) is 0. The number of benzene rings is 3. The summed E-state index contributed by atoms with van der Waals surface area (Å²) in [5, 5.41) is 14.4. The molecule has 1 N–H and O–H groups in total. The SMILES string of the molecule is CC#CCc1cn(C(=O)c2ccccc2)c(=O)n1Cc1ccc(-c2ccccc2-c2nn[nH]n2)cc1. The lowest BCUT2D eigenvalue weighted by atomic mass is 9.98. The quantitative estimate of drug-likeness (QED) is 0.378. The Morgan fingerprint density at radius 1 is 0.944 bits per heavy atom. The molecule has 0 unspecified atom stereocenters. The second kappa shape index (κ2) is 10.1. The molecule has 0 aliphatic rings. The number of nitrogens with zero attached hydrogens (tertiary/aromatic N) is 5. The molecule has 36 heavy (non-hydrogen) atoms. The van der Waals surface area contributed by atoms with E-state index in [1.54, 1.807) is 42.0 Å². The number of aromatic amines is 1. The zero-order valence-corrected chi connectivity index (χ0v) is 19.5. The van der Waals surface area contributed by atoms with E-state index in [1.165, 1.54) is 0 Å². The molecule has 0 saturated heterocycles. The van der Waals surface area contributed by atoms with Crippen LogP contribution in [0.4, 0.5) is 0 Å². The summed E-state index contributed by atoms with van der Waals surface area (Å²) < 4.78 is 2.77.